The monoisotopic (exact) mass is 263 g/mol. The van der Waals surface area contributed by atoms with Crippen molar-refractivity contribution in [2.24, 2.45) is 5.73 Å². The van der Waals surface area contributed by atoms with Gasteiger partial charge in [0, 0.05) is 15.7 Å². The average Bonchev–Trinajstić information content (AvgIpc) is 2.80. The van der Waals surface area contributed by atoms with Crippen LogP contribution in [0.1, 0.15) is 51.5 Å². The summed E-state index contributed by atoms with van der Waals surface area (Å²) < 4.78 is 0. The topological polar surface area (TPSA) is 26.0 Å². The standard InChI is InChI=1S/C16H25NS/c1-16(2,17)12-11-13-7-9-15(10-8-13)18-14-5-3-4-6-14/h7-10,14H,3-6,11-12,17H2,1-2H3. The van der Waals surface area contributed by atoms with Crippen LogP contribution in [0.25, 0.3) is 0 Å². The van der Waals surface area contributed by atoms with Crippen molar-refractivity contribution in [1.29, 1.82) is 0 Å². The molecule has 0 atom stereocenters. The van der Waals surface area contributed by atoms with Crippen molar-refractivity contribution in [3.05, 3.63) is 29.8 Å². The van der Waals surface area contributed by atoms with Crippen molar-refractivity contribution in [1.82, 2.24) is 0 Å². The molecule has 1 saturated carbocycles. The fourth-order valence-electron chi connectivity index (χ4n) is 2.40. The first-order valence-electron chi connectivity index (χ1n) is 7.07. The van der Waals surface area contributed by atoms with E-state index in [4.69, 9.17) is 5.73 Å². The SMILES string of the molecule is CC(C)(N)CCc1ccc(SC2CCCC2)cc1. The van der Waals surface area contributed by atoms with Gasteiger partial charge in [-0.15, -0.1) is 11.8 Å². The van der Waals surface area contributed by atoms with Crippen molar-refractivity contribution >= 4 is 11.8 Å². The molecular formula is C16H25NS. The minimum atomic E-state index is -0.0583. The van der Waals surface area contributed by atoms with Crippen LogP contribution >= 0.6 is 11.8 Å². The van der Waals surface area contributed by atoms with Gasteiger partial charge in [0.05, 0.1) is 0 Å². The first kappa shape index (κ1) is 14.0. The predicted molar refractivity (Wildman–Crippen MR) is 81.1 cm³/mol. The first-order valence-corrected chi connectivity index (χ1v) is 7.95. The zero-order chi connectivity index (χ0) is 13.0. The van der Waals surface area contributed by atoms with Gasteiger partial charge >= 0.3 is 0 Å². The van der Waals surface area contributed by atoms with Gasteiger partial charge in [0.2, 0.25) is 0 Å². The van der Waals surface area contributed by atoms with E-state index in [-0.39, 0.29) is 5.54 Å². The summed E-state index contributed by atoms with van der Waals surface area (Å²) in [6.07, 6.45) is 7.75. The maximum atomic E-state index is 6.02. The molecule has 1 aliphatic carbocycles. The van der Waals surface area contributed by atoms with E-state index in [1.54, 1.807) is 0 Å². The fourth-order valence-corrected chi connectivity index (χ4v) is 3.65. The van der Waals surface area contributed by atoms with E-state index in [0.717, 1.165) is 18.1 Å². The molecule has 0 amide bonds. The Bertz CT molecular complexity index is 358. The normalized spacial score (nSPS) is 17.3. The molecular weight excluding hydrogens is 238 g/mol. The smallest absolute Gasteiger partial charge is 0.0100 e. The van der Waals surface area contributed by atoms with Gasteiger partial charge in [-0.25, -0.2) is 0 Å². The number of rotatable bonds is 5. The second kappa shape index (κ2) is 6.12. The molecule has 2 N–H and O–H groups in total. The Labute approximate surface area is 116 Å². The Morgan fingerprint density at radius 3 is 2.33 bits per heavy atom. The molecule has 0 bridgehead atoms. The van der Waals surface area contributed by atoms with Crippen LogP contribution in [0, 0.1) is 0 Å². The molecule has 1 aliphatic rings. The van der Waals surface area contributed by atoms with E-state index in [1.165, 1.54) is 36.1 Å². The van der Waals surface area contributed by atoms with Crippen LogP contribution in [0.5, 0.6) is 0 Å². The molecule has 0 aliphatic heterocycles. The largest absolute Gasteiger partial charge is 0.326 e. The number of hydrogen-bond acceptors (Lipinski definition) is 2. The van der Waals surface area contributed by atoms with Crippen LogP contribution in [0.4, 0.5) is 0 Å². The van der Waals surface area contributed by atoms with Crippen LogP contribution in [0.2, 0.25) is 0 Å². The molecule has 0 heterocycles. The summed E-state index contributed by atoms with van der Waals surface area (Å²) in [4.78, 5) is 1.43. The second-order valence-electron chi connectivity index (χ2n) is 6.16. The van der Waals surface area contributed by atoms with Gasteiger partial charge < -0.3 is 5.73 Å². The molecule has 18 heavy (non-hydrogen) atoms. The van der Waals surface area contributed by atoms with Crippen molar-refractivity contribution < 1.29 is 0 Å². The summed E-state index contributed by atoms with van der Waals surface area (Å²) in [6.45, 7) is 4.19. The number of nitrogens with two attached hydrogens (primary N) is 1. The van der Waals surface area contributed by atoms with E-state index in [2.05, 4.69) is 49.9 Å². The third-order valence-corrected chi connectivity index (χ3v) is 4.94. The summed E-state index contributed by atoms with van der Waals surface area (Å²) in [5.41, 5.74) is 7.37. The number of hydrogen-bond donors (Lipinski definition) is 1. The van der Waals surface area contributed by atoms with E-state index in [0.29, 0.717) is 0 Å². The van der Waals surface area contributed by atoms with Crippen LogP contribution in [-0.4, -0.2) is 10.8 Å². The van der Waals surface area contributed by atoms with Gasteiger partial charge in [-0.05, 0) is 57.2 Å². The van der Waals surface area contributed by atoms with Crippen LogP contribution in [0.3, 0.4) is 0 Å². The number of thioether (sulfide) groups is 1. The molecule has 0 saturated heterocycles. The lowest BCUT2D eigenvalue weighted by Gasteiger charge is -2.18. The zero-order valence-corrected chi connectivity index (χ0v) is 12.4. The maximum absolute atomic E-state index is 6.02. The molecule has 2 heteroatoms. The summed E-state index contributed by atoms with van der Waals surface area (Å²) in [7, 11) is 0. The molecule has 0 radical (unpaired) electrons. The Morgan fingerprint density at radius 1 is 1.17 bits per heavy atom. The number of aryl methyl sites for hydroxylation is 1. The Hall–Kier alpha value is -0.470. The molecule has 1 aromatic rings. The highest BCUT2D eigenvalue weighted by atomic mass is 32.2. The van der Waals surface area contributed by atoms with Gasteiger partial charge in [-0.2, -0.15) is 0 Å². The molecule has 0 spiro atoms. The van der Waals surface area contributed by atoms with Crippen molar-refractivity contribution in [3.8, 4) is 0 Å². The predicted octanol–water partition coefficient (Wildman–Crippen LogP) is 4.39. The Balaban J connectivity index is 1.85. The van der Waals surface area contributed by atoms with E-state index in [1.807, 2.05) is 0 Å². The highest BCUT2D eigenvalue weighted by molar-refractivity contribution is 8.00. The molecule has 1 aromatic carbocycles. The Morgan fingerprint density at radius 2 is 1.78 bits per heavy atom. The molecule has 2 rings (SSSR count). The summed E-state index contributed by atoms with van der Waals surface area (Å²) >= 11 is 2.06. The van der Waals surface area contributed by atoms with Crippen LogP contribution in [0.15, 0.2) is 29.2 Å². The highest BCUT2D eigenvalue weighted by Gasteiger charge is 2.16. The van der Waals surface area contributed by atoms with Gasteiger partial charge in [-0.3, -0.25) is 0 Å². The summed E-state index contributed by atoms with van der Waals surface area (Å²) in [5.74, 6) is 0. The maximum Gasteiger partial charge on any atom is 0.0100 e. The minimum Gasteiger partial charge on any atom is -0.326 e. The first-order chi connectivity index (χ1) is 8.53. The molecule has 0 unspecified atom stereocenters. The summed E-state index contributed by atoms with van der Waals surface area (Å²) in [6, 6.07) is 9.09. The average molecular weight is 263 g/mol. The fraction of sp³-hybridized carbons (Fsp3) is 0.625. The third-order valence-electron chi connectivity index (χ3n) is 3.59. The lowest BCUT2D eigenvalue weighted by atomic mass is 9.97. The molecule has 1 nitrogen and oxygen atoms in total. The van der Waals surface area contributed by atoms with E-state index < -0.39 is 0 Å². The van der Waals surface area contributed by atoms with Gasteiger partial charge in [0.1, 0.15) is 0 Å². The quantitative estimate of drug-likeness (QED) is 0.852. The minimum absolute atomic E-state index is 0.0583. The van der Waals surface area contributed by atoms with Crippen LogP contribution in [-0.2, 0) is 6.42 Å². The Kier molecular flexibility index (Phi) is 4.74. The summed E-state index contributed by atoms with van der Waals surface area (Å²) in [5, 5.41) is 0.860. The van der Waals surface area contributed by atoms with Gasteiger partial charge in [-0.1, -0.05) is 25.0 Å². The van der Waals surface area contributed by atoms with Gasteiger partial charge in [0.15, 0.2) is 0 Å². The number of benzene rings is 1. The molecule has 0 aromatic heterocycles. The second-order valence-corrected chi connectivity index (χ2v) is 7.53. The molecule has 1 fully saturated rings. The van der Waals surface area contributed by atoms with Gasteiger partial charge in [0.25, 0.3) is 0 Å². The van der Waals surface area contributed by atoms with E-state index in [9.17, 15) is 0 Å². The third kappa shape index (κ3) is 4.66. The lowest BCUT2D eigenvalue weighted by Crippen LogP contribution is -2.32. The lowest BCUT2D eigenvalue weighted by molar-refractivity contribution is 0.477. The van der Waals surface area contributed by atoms with Crippen molar-refractivity contribution in [3.63, 3.8) is 0 Å². The van der Waals surface area contributed by atoms with Crippen molar-refractivity contribution in [2.45, 2.75) is 68.1 Å². The highest BCUT2D eigenvalue weighted by Crippen LogP contribution is 2.34. The molecule has 100 valence electrons. The van der Waals surface area contributed by atoms with Crippen molar-refractivity contribution in [2.75, 3.05) is 0 Å². The van der Waals surface area contributed by atoms with E-state index >= 15 is 0 Å². The van der Waals surface area contributed by atoms with Crippen LogP contribution < -0.4 is 5.73 Å². The zero-order valence-electron chi connectivity index (χ0n) is 11.6.